The molecule has 17 heavy (non-hydrogen) atoms. The van der Waals surface area contributed by atoms with Gasteiger partial charge in [0.05, 0.1) is 5.69 Å². The Morgan fingerprint density at radius 1 is 1.24 bits per heavy atom. The first kappa shape index (κ1) is 14.2. The van der Waals surface area contributed by atoms with E-state index >= 15 is 0 Å². The zero-order valence-electron chi connectivity index (χ0n) is 9.85. The van der Waals surface area contributed by atoms with Crippen molar-refractivity contribution < 1.29 is 0 Å². The summed E-state index contributed by atoms with van der Waals surface area (Å²) in [6, 6.07) is 8.32. The summed E-state index contributed by atoms with van der Waals surface area (Å²) in [5.74, 6) is 0. The molecule has 0 saturated heterocycles. The third kappa shape index (κ3) is 3.53. The molecule has 92 valence electrons. The fraction of sp³-hybridized carbons (Fsp3) is 0.308. The molecule has 0 fully saturated rings. The molecule has 2 nitrogen and oxygen atoms in total. The van der Waals surface area contributed by atoms with E-state index in [1.807, 2.05) is 0 Å². The Balaban J connectivity index is 0.00000144. The SMILES string of the molecule is CCCc1csc(-c2ccc(CN)cc2)n1.Cl. The first-order valence-electron chi connectivity index (χ1n) is 5.57. The Morgan fingerprint density at radius 3 is 2.53 bits per heavy atom. The number of aromatic nitrogens is 1. The summed E-state index contributed by atoms with van der Waals surface area (Å²) in [5, 5.41) is 3.25. The predicted octanol–water partition coefficient (Wildman–Crippen LogP) is 3.64. The van der Waals surface area contributed by atoms with E-state index in [4.69, 9.17) is 5.73 Å². The van der Waals surface area contributed by atoms with Crippen molar-refractivity contribution in [2.75, 3.05) is 0 Å². The summed E-state index contributed by atoms with van der Waals surface area (Å²) in [6.07, 6.45) is 2.21. The Bertz CT molecular complexity index is 451. The third-order valence-corrected chi connectivity index (χ3v) is 3.43. The topological polar surface area (TPSA) is 38.9 Å². The molecule has 0 spiro atoms. The fourth-order valence-electron chi connectivity index (χ4n) is 1.59. The Morgan fingerprint density at radius 2 is 1.94 bits per heavy atom. The molecule has 2 aromatic rings. The Kier molecular flexibility index (Phi) is 5.62. The van der Waals surface area contributed by atoms with Crippen LogP contribution in [0.1, 0.15) is 24.6 Å². The van der Waals surface area contributed by atoms with Crippen molar-refractivity contribution in [1.82, 2.24) is 4.98 Å². The molecule has 2 rings (SSSR count). The highest BCUT2D eigenvalue weighted by Crippen LogP contribution is 2.24. The van der Waals surface area contributed by atoms with Gasteiger partial charge in [-0.15, -0.1) is 23.7 Å². The van der Waals surface area contributed by atoms with Crippen LogP contribution >= 0.6 is 23.7 Å². The van der Waals surface area contributed by atoms with Gasteiger partial charge in [-0.05, 0) is 12.0 Å². The lowest BCUT2D eigenvalue weighted by atomic mass is 10.1. The van der Waals surface area contributed by atoms with Crippen LogP contribution in [0, 0.1) is 0 Å². The molecule has 0 aliphatic rings. The van der Waals surface area contributed by atoms with Gasteiger partial charge in [-0.2, -0.15) is 0 Å². The highest BCUT2D eigenvalue weighted by Gasteiger charge is 2.03. The maximum atomic E-state index is 5.57. The van der Waals surface area contributed by atoms with Crippen LogP contribution in [-0.4, -0.2) is 4.98 Å². The number of benzene rings is 1. The minimum absolute atomic E-state index is 0. The van der Waals surface area contributed by atoms with Gasteiger partial charge in [0.15, 0.2) is 0 Å². The summed E-state index contributed by atoms with van der Waals surface area (Å²) < 4.78 is 0. The van der Waals surface area contributed by atoms with Crippen LogP contribution in [0.25, 0.3) is 10.6 Å². The minimum atomic E-state index is 0. The molecular formula is C13H17ClN2S. The Labute approximate surface area is 112 Å². The molecule has 0 amide bonds. The lowest BCUT2D eigenvalue weighted by Crippen LogP contribution is -1.95. The number of hydrogen-bond donors (Lipinski definition) is 1. The van der Waals surface area contributed by atoms with Crippen LogP contribution in [0.5, 0.6) is 0 Å². The van der Waals surface area contributed by atoms with Gasteiger partial charge in [-0.1, -0.05) is 37.6 Å². The summed E-state index contributed by atoms with van der Waals surface area (Å²) >= 11 is 1.71. The highest BCUT2D eigenvalue weighted by molar-refractivity contribution is 7.13. The van der Waals surface area contributed by atoms with E-state index in [9.17, 15) is 0 Å². The maximum Gasteiger partial charge on any atom is 0.123 e. The summed E-state index contributed by atoms with van der Waals surface area (Å²) in [5.41, 5.74) is 9.11. The zero-order valence-corrected chi connectivity index (χ0v) is 11.5. The van der Waals surface area contributed by atoms with Crippen LogP contribution in [-0.2, 0) is 13.0 Å². The largest absolute Gasteiger partial charge is 0.326 e. The monoisotopic (exact) mass is 268 g/mol. The number of nitrogens with two attached hydrogens (primary N) is 1. The average Bonchev–Trinajstić information content (AvgIpc) is 2.78. The van der Waals surface area contributed by atoms with E-state index in [1.165, 1.54) is 11.3 Å². The fourth-order valence-corrected chi connectivity index (χ4v) is 2.45. The van der Waals surface area contributed by atoms with Crippen molar-refractivity contribution >= 4 is 23.7 Å². The van der Waals surface area contributed by atoms with Crippen molar-refractivity contribution in [2.45, 2.75) is 26.3 Å². The quantitative estimate of drug-likeness (QED) is 0.919. The van der Waals surface area contributed by atoms with Crippen molar-refractivity contribution in [2.24, 2.45) is 5.73 Å². The van der Waals surface area contributed by atoms with Crippen molar-refractivity contribution in [3.05, 3.63) is 40.9 Å². The van der Waals surface area contributed by atoms with Gasteiger partial charge in [-0.25, -0.2) is 4.98 Å². The van der Waals surface area contributed by atoms with E-state index in [1.54, 1.807) is 11.3 Å². The van der Waals surface area contributed by atoms with Gasteiger partial charge in [0, 0.05) is 17.5 Å². The van der Waals surface area contributed by atoms with Gasteiger partial charge >= 0.3 is 0 Å². The lowest BCUT2D eigenvalue weighted by Gasteiger charge is -1.98. The number of nitrogens with zero attached hydrogens (tertiary/aromatic N) is 1. The van der Waals surface area contributed by atoms with Gasteiger partial charge in [0.1, 0.15) is 5.01 Å². The molecule has 0 aliphatic heterocycles. The van der Waals surface area contributed by atoms with E-state index in [0.717, 1.165) is 23.4 Å². The van der Waals surface area contributed by atoms with Crippen LogP contribution in [0.3, 0.4) is 0 Å². The lowest BCUT2D eigenvalue weighted by molar-refractivity contribution is 0.893. The molecule has 4 heteroatoms. The van der Waals surface area contributed by atoms with Crippen molar-refractivity contribution in [3.63, 3.8) is 0 Å². The first-order valence-corrected chi connectivity index (χ1v) is 6.45. The molecule has 0 radical (unpaired) electrons. The molecular weight excluding hydrogens is 252 g/mol. The van der Waals surface area contributed by atoms with E-state index in [2.05, 4.69) is 41.6 Å². The second-order valence-corrected chi connectivity index (χ2v) is 4.65. The minimum Gasteiger partial charge on any atom is -0.326 e. The van der Waals surface area contributed by atoms with Gasteiger partial charge < -0.3 is 5.73 Å². The van der Waals surface area contributed by atoms with Crippen LogP contribution in [0.2, 0.25) is 0 Å². The zero-order chi connectivity index (χ0) is 11.4. The molecule has 2 N–H and O–H groups in total. The number of aryl methyl sites for hydroxylation is 1. The van der Waals surface area contributed by atoms with Gasteiger partial charge in [-0.3, -0.25) is 0 Å². The molecule has 1 heterocycles. The normalized spacial score (nSPS) is 10.0. The molecule has 1 aromatic carbocycles. The van der Waals surface area contributed by atoms with E-state index in [-0.39, 0.29) is 12.4 Å². The summed E-state index contributed by atoms with van der Waals surface area (Å²) in [7, 11) is 0. The molecule has 1 aromatic heterocycles. The molecule has 0 saturated carbocycles. The van der Waals surface area contributed by atoms with E-state index in [0.29, 0.717) is 6.54 Å². The standard InChI is InChI=1S/C13H16N2S.ClH/c1-2-3-12-9-16-13(15-12)11-6-4-10(8-14)5-7-11;/h4-7,9H,2-3,8,14H2,1H3;1H. The van der Waals surface area contributed by atoms with Crippen molar-refractivity contribution in [3.8, 4) is 10.6 Å². The Hall–Kier alpha value is -0.900. The molecule has 0 unspecified atom stereocenters. The van der Waals surface area contributed by atoms with Crippen molar-refractivity contribution in [1.29, 1.82) is 0 Å². The second-order valence-electron chi connectivity index (χ2n) is 3.80. The number of hydrogen-bond acceptors (Lipinski definition) is 3. The van der Waals surface area contributed by atoms with E-state index < -0.39 is 0 Å². The number of halogens is 1. The van der Waals surface area contributed by atoms with Gasteiger partial charge in [0.25, 0.3) is 0 Å². The number of thiazole rings is 1. The average molecular weight is 269 g/mol. The maximum absolute atomic E-state index is 5.57. The number of rotatable bonds is 4. The van der Waals surface area contributed by atoms with Crippen LogP contribution in [0.15, 0.2) is 29.6 Å². The summed E-state index contributed by atoms with van der Waals surface area (Å²) in [4.78, 5) is 4.61. The smallest absolute Gasteiger partial charge is 0.123 e. The molecule has 0 atom stereocenters. The van der Waals surface area contributed by atoms with Gasteiger partial charge in [0.2, 0.25) is 0 Å². The molecule has 0 aliphatic carbocycles. The predicted molar refractivity (Wildman–Crippen MR) is 76.7 cm³/mol. The highest BCUT2D eigenvalue weighted by atomic mass is 35.5. The van der Waals surface area contributed by atoms with Crippen LogP contribution < -0.4 is 5.73 Å². The molecule has 0 bridgehead atoms. The first-order chi connectivity index (χ1) is 7.83. The second kappa shape index (κ2) is 6.74. The van der Waals surface area contributed by atoms with Crippen LogP contribution in [0.4, 0.5) is 0 Å². The summed E-state index contributed by atoms with van der Waals surface area (Å²) in [6.45, 7) is 2.77. The third-order valence-electron chi connectivity index (χ3n) is 2.49.